The topological polar surface area (TPSA) is 63.6 Å². The van der Waals surface area contributed by atoms with Crippen molar-refractivity contribution in [3.63, 3.8) is 0 Å². The van der Waals surface area contributed by atoms with Gasteiger partial charge in [-0.2, -0.15) is 5.10 Å². The minimum atomic E-state index is -0.139. The van der Waals surface area contributed by atoms with Gasteiger partial charge in [-0.25, -0.2) is 5.43 Å². The van der Waals surface area contributed by atoms with Crippen molar-refractivity contribution in [3.05, 3.63) is 58.9 Å². The molecule has 126 valence electrons. The number of nitrogens with one attached hydrogen (secondary N) is 1. The van der Waals surface area contributed by atoms with E-state index < -0.39 is 0 Å². The van der Waals surface area contributed by atoms with Gasteiger partial charge in [0.25, 0.3) is 0 Å². The molecule has 0 aliphatic carbocycles. The van der Waals surface area contributed by atoms with Crippen LogP contribution in [0.5, 0.6) is 5.75 Å². The second-order valence-corrected chi connectivity index (χ2v) is 5.77. The van der Waals surface area contributed by atoms with Crippen molar-refractivity contribution in [2.75, 3.05) is 6.61 Å². The number of aryl methyl sites for hydroxylation is 1. The first-order chi connectivity index (χ1) is 11.6. The van der Waals surface area contributed by atoms with Crippen molar-refractivity contribution in [2.24, 2.45) is 5.10 Å². The summed E-state index contributed by atoms with van der Waals surface area (Å²) in [6, 6.07) is 9.15. The zero-order chi connectivity index (χ0) is 17.4. The van der Waals surface area contributed by atoms with E-state index in [9.17, 15) is 4.79 Å². The number of nitrogens with zero attached hydrogens (tertiary/aromatic N) is 2. The Morgan fingerprint density at radius 1 is 1.29 bits per heavy atom. The van der Waals surface area contributed by atoms with Crippen LogP contribution in [0.25, 0.3) is 0 Å². The molecule has 5 nitrogen and oxygen atoms in total. The molecule has 2 aromatic rings. The SMILES string of the molecule is C/C(=N/NC(=O)CCCOc1ccc(Cl)cc1C)c1ccncc1. The summed E-state index contributed by atoms with van der Waals surface area (Å²) in [5.41, 5.74) is 5.19. The van der Waals surface area contributed by atoms with Crippen LogP contribution in [0, 0.1) is 6.92 Å². The van der Waals surface area contributed by atoms with Gasteiger partial charge in [-0.3, -0.25) is 9.78 Å². The number of rotatable bonds is 7. The van der Waals surface area contributed by atoms with Crippen LogP contribution in [0.3, 0.4) is 0 Å². The maximum absolute atomic E-state index is 11.8. The third-order valence-electron chi connectivity index (χ3n) is 3.39. The quantitative estimate of drug-likeness (QED) is 0.472. The van der Waals surface area contributed by atoms with E-state index in [-0.39, 0.29) is 5.91 Å². The molecule has 0 saturated carbocycles. The van der Waals surface area contributed by atoms with Gasteiger partial charge in [-0.1, -0.05) is 11.6 Å². The van der Waals surface area contributed by atoms with Gasteiger partial charge in [-0.05, 0) is 56.2 Å². The largest absolute Gasteiger partial charge is 0.493 e. The molecule has 0 saturated heterocycles. The first-order valence-corrected chi connectivity index (χ1v) is 8.06. The first kappa shape index (κ1) is 17.9. The molecule has 0 bridgehead atoms. The van der Waals surface area contributed by atoms with Crippen molar-refractivity contribution in [1.29, 1.82) is 0 Å². The van der Waals surface area contributed by atoms with E-state index in [1.165, 1.54) is 0 Å². The van der Waals surface area contributed by atoms with E-state index in [1.54, 1.807) is 18.5 Å². The average molecular weight is 346 g/mol. The Balaban J connectivity index is 1.72. The molecule has 1 aromatic carbocycles. The number of halogens is 1. The highest BCUT2D eigenvalue weighted by molar-refractivity contribution is 6.30. The van der Waals surface area contributed by atoms with Gasteiger partial charge in [0.15, 0.2) is 0 Å². The van der Waals surface area contributed by atoms with Crippen molar-refractivity contribution >= 4 is 23.2 Å². The third-order valence-corrected chi connectivity index (χ3v) is 3.62. The summed E-state index contributed by atoms with van der Waals surface area (Å²) in [4.78, 5) is 15.7. The number of benzene rings is 1. The van der Waals surface area contributed by atoms with E-state index in [0.29, 0.717) is 24.5 Å². The molecule has 1 N–H and O–H groups in total. The van der Waals surface area contributed by atoms with Crippen LogP contribution in [0.1, 0.15) is 30.9 Å². The fourth-order valence-corrected chi connectivity index (χ4v) is 2.28. The van der Waals surface area contributed by atoms with Gasteiger partial charge in [0.05, 0.1) is 12.3 Å². The van der Waals surface area contributed by atoms with Crippen LogP contribution < -0.4 is 10.2 Å². The van der Waals surface area contributed by atoms with Crippen molar-refractivity contribution in [1.82, 2.24) is 10.4 Å². The van der Waals surface area contributed by atoms with E-state index >= 15 is 0 Å². The molecular formula is C18H20ClN3O2. The normalized spacial score (nSPS) is 11.2. The molecule has 0 atom stereocenters. The van der Waals surface area contributed by atoms with Crippen molar-refractivity contribution < 1.29 is 9.53 Å². The Hall–Kier alpha value is -2.40. The molecule has 24 heavy (non-hydrogen) atoms. The number of amides is 1. The minimum absolute atomic E-state index is 0.139. The number of carbonyl (C=O) groups excluding carboxylic acids is 1. The predicted octanol–water partition coefficient (Wildman–Crippen LogP) is 3.74. The van der Waals surface area contributed by atoms with E-state index in [1.807, 2.05) is 38.1 Å². The number of ether oxygens (including phenoxy) is 1. The standard InChI is InChI=1S/C18H20ClN3O2/c1-13-12-16(19)5-6-17(13)24-11-3-4-18(23)22-21-14(2)15-7-9-20-10-8-15/h5-10,12H,3-4,11H2,1-2H3,(H,22,23)/b21-14-. The van der Waals surface area contributed by atoms with Crippen LogP contribution in [-0.2, 0) is 4.79 Å². The molecule has 0 aliphatic heterocycles. The Morgan fingerprint density at radius 3 is 2.75 bits per heavy atom. The lowest BCUT2D eigenvalue weighted by molar-refractivity contribution is -0.121. The average Bonchev–Trinajstić information content (AvgIpc) is 2.59. The number of hydrazone groups is 1. The summed E-state index contributed by atoms with van der Waals surface area (Å²) in [5, 5.41) is 4.77. The Labute approximate surface area is 146 Å². The number of hydrogen-bond donors (Lipinski definition) is 1. The summed E-state index contributed by atoms with van der Waals surface area (Å²) in [7, 11) is 0. The van der Waals surface area contributed by atoms with Gasteiger partial charge < -0.3 is 4.74 Å². The Morgan fingerprint density at radius 2 is 2.04 bits per heavy atom. The highest BCUT2D eigenvalue weighted by atomic mass is 35.5. The van der Waals surface area contributed by atoms with Crippen LogP contribution in [0.15, 0.2) is 47.8 Å². The Bertz CT molecular complexity index is 717. The molecule has 0 aliphatic rings. The van der Waals surface area contributed by atoms with Gasteiger partial charge in [0, 0.05) is 29.4 Å². The van der Waals surface area contributed by atoms with Crippen LogP contribution in [0.4, 0.5) is 0 Å². The number of carbonyl (C=O) groups is 1. The van der Waals surface area contributed by atoms with Crippen molar-refractivity contribution in [2.45, 2.75) is 26.7 Å². The molecule has 0 unspecified atom stereocenters. The summed E-state index contributed by atoms with van der Waals surface area (Å²) in [6.07, 6.45) is 4.33. The van der Waals surface area contributed by atoms with E-state index in [0.717, 1.165) is 22.6 Å². The zero-order valence-electron chi connectivity index (χ0n) is 13.8. The van der Waals surface area contributed by atoms with E-state index in [2.05, 4.69) is 15.5 Å². The second-order valence-electron chi connectivity index (χ2n) is 5.33. The highest BCUT2D eigenvalue weighted by Crippen LogP contribution is 2.21. The minimum Gasteiger partial charge on any atom is -0.493 e. The van der Waals surface area contributed by atoms with Gasteiger partial charge in [-0.15, -0.1) is 0 Å². The van der Waals surface area contributed by atoms with Gasteiger partial charge >= 0.3 is 0 Å². The van der Waals surface area contributed by atoms with Crippen LogP contribution in [-0.4, -0.2) is 23.2 Å². The molecule has 1 heterocycles. The molecule has 0 radical (unpaired) electrons. The molecule has 1 aromatic heterocycles. The fraction of sp³-hybridized carbons (Fsp3) is 0.278. The molecule has 0 spiro atoms. The molecule has 6 heteroatoms. The molecule has 0 fully saturated rings. The smallest absolute Gasteiger partial charge is 0.240 e. The maximum Gasteiger partial charge on any atom is 0.240 e. The van der Waals surface area contributed by atoms with Crippen molar-refractivity contribution in [3.8, 4) is 5.75 Å². The predicted molar refractivity (Wildman–Crippen MR) is 95.5 cm³/mol. The van der Waals surface area contributed by atoms with Crippen LogP contribution >= 0.6 is 11.6 Å². The van der Waals surface area contributed by atoms with Gasteiger partial charge in [0.1, 0.15) is 5.75 Å². The lowest BCUT2D eigenvalue weighted by Gasteiger charge is -2.09. The first-order valence-electron chi connectivity index (χ1n) is 7.69. The summed E-state index contributed by atoms with van der Waals surface area (Å²) in [5.74, 6) is 0.645. The number of aromatic nitrogens is 1. The zero-order valence-corrected chi connectivity index (χ0v) is 14.5. The fourth-order valence-electron chi connectivity index (χ4n) is 2.05. The lowest BCUT2D eigenvalue weighted by atomic mass is 10.2. The molecular weight excluding hydrogens is 326 g/mol. The summed E-state index contributed by atoms with van der Waals surface area (Å²) >= 11 is 5.90. The monoisotopic (exact) mass is 345 g/mol. The molecule has 2 rings (SSSR count). The van der Waals surface area contributed by atoms with Crippen LogP contribution in [0.2, 0.25) is 5.02 Å². The summed E-state index contributed by atoms with van der Waals surface area (Å²) in [6.45, 7) is 4.23. The maximum atomic E-state index is 11.8. The second kappa shape index (κ2) is 9.03. The van der Waals surface area contributed by atoms with E-state index in [4.69, 9.17) is 16.3 Å². The summed E-state index contributed by atoms with van der Waals surface area (Å²) < 4.78 is 5.66. The number of hydrogen-bond acceptors (Lipinski definition) is 4. The molecule has 1 amide bonds. The number of pyridine rings is 1. The van der Waals surface area contributed by atoms with Gasteiger partial charge in [0.2, 0.25) is 5.91 Å². The lowest BCUT2D eigenvalue weighted by Crippen LogP contribution is -2.19. The highest BCUT2D eigenvalue weighted by Gasteiger charge is 2.04. The Kier molecular flexibility index (Phi) is 6.75. The third kappa shape index (κ3) is 5.66.